The molecule has 0 unspecified atom stereocenters. The molecule has 0 spiro atoms. The van der Waals surface area contributed by atoms with Crippen molar-refractivity contribution in [2.24, 2.45) is 0 Å². The Balaban J connectivity index is 2.07. The molecular weight excluding hydrogens is 398 g/mol. The number of benzene rings is 1. The average Bonchev–Trinajstić information content (AvgIpc) is 2.66. The monoisotopic (exact) mass is 421 g/mol. The molecule has 1 aromatic heterocycles. The highest BCUT2D eigenvalue weighted by molar-refractivity contribution is 7.92. The van der Waals surface area contributed by atoms with Gasteiger partial charge in [-0.25, -0.2) is 17.9 Å². The van der Waals surface area contributed by atoms with E-state index in [1.165, 1.54) is 48.0 Å². The minimum atomic E-state index is -3.42. The fourth-order valence-electron chi connectivity index (χ4n) is 2.45. The van der Waals surface area contributed by atoms with Crippen molar-refractivity contribution in [1.29, 1.82) is 0 Å². The molecule has 1 N–H and O–H groups in total. The van der Waals surface area contributed by atoms with Crippen molar-refractivity contribution in [2.45, 2.75) is 39.3 Å². The van der Waals surface area contributed by atoms with Gasteiger partial charge in [-0.2, -0.15) is 5.10 Å². The SMILES string of the molecule is CCCCn1nc(C(=O)O[C@H](C)C(=O)c2ccc(NS(C)(=O)=O)cc2)ccc1=O. The second kappa shape index (κ2) is 9.46. The second-order valence-corrected chi connectivity index (χ2v) is 8.25. The fourth-order valence-corrected chi connectivity index (χ4v) is 3.02. The number of ketones is 1. The van der Waals surface area contributed by atoms with Crippen LogP contribution in [0, 0.1) is 0 Å². The van der Waals surface area contributed by atoms with Gasteiger partial charge in [0, 0.05) is 23.9 Å². The number of hydrogen-bond donors (Lipinski definition) is 1. The van der Waals surface area contributed by atoms with E-state index in [0.29, 0.717) is 12.2 Å². The Morgan fingerprint density at radius 3 is 2.41 bits per heavy atom. The Morgan fingerprint density at radius 1 is 1.17 bits per heavy atom. The molecular formula is C19H23N3O6S. The van der Waals surface area contributed by atoms with E-state index in [0.717, 1.165) is 19.1 Å². The van der Waals surface area contributed by atoms with Crippen molar-refractivity contribution in [3.05, 3.63) is 58.0 Å². The number of nitrogens with one attached hydrogen (secondary N) is 1. The highest BCUT2D eigenvalue weighted by Gasteiger charge is 2.22. The maximum Gasteiger partial charge on any atom is 0.359 e. The summed E-state index contributed by atoms with van der Waals surface area (Å²) in [5, 5.41) is 3.99. The summed E-state index contributed by atoms with van der Waals surface area (Å²) in [5.41, 5.74) is 0.187. The molecule has 2 aromatic rings. The lowest BCUT2D eigenvalue weighted by Gasteiger charge is -2.13. The lowest BCUT2D eigenvalue weighted by Crippen LogP contribution is -2.28. The molecule has 156 valence electrons. The summed E-state index contributed by atoms with van der Waals surface area (Å²) < 4.78 is 31.1. The van der Waals surface area contributed by atoms with Gasteiger partial charge in [-0.3, -0.25) is 14.3 Å². The van der Waals surface area contributed by atoms with Gasteiger partial charge in [0.15, 0.2) is 11.8 Å². The van der Waals surface area contributed by atoms with E-state index < -0.39 is 27.9 Å². The maximum absolute atomic E-state index is 12.5. The second-order valence-electron chi connectivity index (χ2n) is 6.50. The molecule has 0 fully saturated rings. The number of carbonyl (C=O) groups is 2. The van der Waals surface area contributed by atoms with E-state index in [4.69, 9.17) is 4.74 Å². The summed E-state index contributed by atoms with van der Waals surface area (Å²) in [6.45, 7) is 3.79. The first-order valence-corrected chi connectivity index (χ1v) is 10.9. The molecule has 29 heavy (non-hydrogen) atoms. The predicted molar refractivity (Wildman–Crippen MR) is 108 cm³/mol. The molecule has 9 nitrogen and oxygen atoms in total. The molecule has 1 atom stereocenters. The molecule has 0 aliphatic rings. The van der Waals surface area contributed by atoms with Gasteiger partial charge in [-0.1, -0.05) is 13.3 Å². The van der Waals surface area contributed by atoms with Crippen LogP contribution in [0.25, 0.3) is 0 Å². The van der Waals surface area contributed by atoms with E-state index in [1.807, 2.05) is 6.92 Å². The lowest BCUT2D eigenvalue weighted by atomic mass is 10.1. The summed E-state index contributed by atoms with van der Waals surface area (Å²) in [7, 11) is -3.42. The van der Waals surface area contributed by atoms with Gasteiger partial charge in [0.05, 0.1) is 6.26 Å². The zero-order valence-corrected chi connectivity index (χ0v) is 17.2. The Hall–Kier alpha value is -3.01. The number of ether oxygens (including phenoxy) is 1. The molecule has 0 radical (unpaired) electrons. The predicted octanol–water partition coefficient (Wildman–Crippen LogP) is 1.84. The molecule has 1 heterocycles. The molecule has 10 heteroatoms. The van der Waals surface area contributed by atoms with Gasteiger partial charge < -0.3 is 4.74 Å². The number of anilines is 1. The van der Waals surface area contributed by atoms with Crippen molar-refractivity contribution >= 4 is 27.5 Å². The number of nitrogens with zero attached hydrogens (tertiary/aromatic N) is 2. The molecule has 0 amide bonds. The van der Waals surface area contributed by atoms with Crippen LogP contribution in [0.15, 0.2) is 41.2 Å². The first-order valence-electron chi connectivity index (χ1n) is 9.02. The molecule has 0 aliphatic carbocycles. The largest absolute Gasteiger partial charge is 0.449 e. The van der Waals surface area contributed by atoms with Crippen LogP contribution in [-0.2, 0) is 21.3 Å². The summed E-state index contributed by atoms with van der Waals surface area (Å²) in [6.07, 6.45) is 1.54. The van der Waals surface area contributed by atoms with E-state index in [-0.39, 0.29) is 16.8 Å². The van der Waals surface area contributed by atoms with Crippen molar-refractivity contribution in [3.63, 3.8) is 0 Å². The Kier molecular flexibility index (Phi) is 7.27. The Bertz CT molecular complexity index is 1040. The van der Waals surface area contributed by atoms with Crippen molar-refractivity contribution in [3.8, 4) is 0 Å². The summed E-state index contributed by atoms with van der Waals surface area (Å²) in [6, 6.07) is 8.24. The molecule has 2 rings (SSSR count). The number of Topliss-reactive ketones (excluding diaryl/α,β-unsaturated/α-hetero) is 1. The molecule has 0 saturated heterocycles. The minimum absolute atomic E-state index is 0.0620. The van der Waals surface area contributed by atoms with Gasteiger partial charge in [-0.05, 0) is 43.7 Å². The number of unbranched alkanes of at least 4 members (excludes halogenated alkanes) is 1. The van der Waals surface area contributed by atoms with Crippen LogP contribution < -0.4 is 10.3 Å². The number of esters is 1. The summed E-state index contributed by atoms with van der Waals surface area (Å²) in [5.74, 6) is -1.27. The molecule has 1 aromatic carbocycles. The van der Waals surface area contributed by atoms with Crippen molar-refractivity contribution < 1.29 is 22.7 Å². The van der Waals surface area contributed by atoms with Crippen LogP contribution in [0.2, 0.25) is 0 Å². The van der Waals surface area contributed by atoms with Gasteiger partial charge >= 0.3 is 5.97 Å². The molecule has 0 aliphatic heterocycles. The quantitative estimate of drug-likeness (QED) is 0.484. The summed E-state index contributed by atoms with van der Waals surface area (Å²) in [4.78, 5) is 36.6. The van der Waals surface area contributed by atoms with Crippen molar-refractivity contribution in [1.82, 2.24) is 9.78 Å². The fraction of sp³-hybridized carbons (Fsp3) is 0.368. The molecule has 0 saturated carbocycles. The topological polar surface area (TPSA) is 124 Å². The molecule has 0 bridgehead atoms. The third-order valence-electron chi connectivity index (χ3n) is 3.92. The Morgan fingerprint density at radius 2 is 1.83 bits per heavy atom. The highest BCUT2D eigenvalue weighted by atomic mass is 32.2. The summed E-state index contributed by atoms with van der Waals surface area (Å²) >= 11 is 0. The number of aromatic nitrogens is 2. The van der Waals surface area contributed by atoms with Crippen LogP contribution in [0.1, 0.15) is 47.5 Å². The standard InChI is InChI=1S/C19H23N3O6S/c1-4-5-12-22-17(23)11-10-16(20-22)19(25)28-13(2)18(24)14-6-8-15(9-7-14)21-29(3,26)27/h6-11,13,21H,4-5,12H2,1-3H3/t13-/m1/s1. The highest BCUT2D eigenvalue weighted by Crippen LogP contribution is 2.14. The number of sulfonamides is 1. The average molecular weight is 421 g/mol. The van der Waals surface area contributed by atoms with E-state index in [9.17, 15) is 22.8 Å². The smallest absolute Gasteiger partial charge is 0.359 e. The van der Waals surface area contributed by atoms with Crippen LogP contribution in [0.3, 0.4) is 0 Å². The van der Waals surface area contributed by atoms with Crippen LogP contribution >= 0.6 is 0 Å². The number of hydrogen-bond acceptors (Lipinski definition) is 7. The third-order valence-corrected chi connectivity index (χ3v) is 4.53. The van der Waals surface area contributed by atoms with Gasteiger partial charge in [0.25, 0.3) is 5.56 Å². The zero-order chi connectivity index (χ0) is 21.6. The van der Waals surface area contributed by atoms with Crippen LogP contribution in [0.4, 0.5) is 5.69 Å². The van der Waals surface area contributed by atoms with E-state index >= 15 is 0 Å². The van der Waals surface area contributed by atoms with Crippen LogP contribution in [-0.4, -0.2) is 42.3 Å². The van der Waals surface area contributed by atoms with Gasteiger partial charge in [0.2, 0.25) is 15.8 Å². The first kappa shape index (κ1) is 22.3. The van der Waals surface area contributed by atoms with E-state index in [2.05, 4.69) is 9.82 Å². The number of carbonyl (C=O) groups excluding carboxylic acids is 2. The number of aryl methyl sites for hydroxylation is 1. The van der Waals surface area contributed by atoms with Crippen molar-refractivity contribution in [2.75, 3.05) is 11.0 Å². The van der Waals surface area contributed by atoms with E-state index in [1.54, 1.807) is 0 Å². The third kappa shape index (κ3) is 6.53. The van der Waals surface area contributed by atoms with Gasteiger partial charge in [0.1, 0.15) is 0 Å². The maximum atomic E-state index is 12.5. The zero-order valence-electron chi connectivity index (χ0n) is 16.4. The lowest BCUT2D eigenvalue weighted by molar-refractivity contribution is 0.0310. The number of rotatable bonds is 9. The Labute approximate surface area is 168 Å². The first-order chi connectivity index (χ1) is 13.6. The normalized spacial score (nSPS) is 12.2. The van der Waals surface area contributed by atoms with Gasteiger partial charge in [-0.15, -0.1) is 0 Å². The minimum Gasteiger partial charge on any atom is -0.449 e. The van der Waals surface area contributed by atoms with Crippen LogP contribution in [0.5, 0.6) is 0 Å².